The first kappa shape index (κ1) is 31.1. The number of rotatable bonds is 6. The van der Waals surface area contributed by atoms with Gasteiger partial charge in [-0.2, -0.15) is 0 Å². The quantitative estimate of drug-likeness (QED) is 0.167. The van der Waals surface area contributed by atoms with Crippen molar-refractivity contribution >= 4 is 84.8 Å². The third-order valence-corrected chi connectivity index (χ3v) is 14.5. The maximum Gasteiger partial charge on any atom is 0.165 e. The Morgan fingerprint density at radius 2 is 0.889 bits per heavy atom. The zero-order valence-electron chi connectivity index (χ0n) is 38.3. The van der Waals surface area contributed by atoms with Gasteiger partial charge in [-0.05, 0) is 52.6 Å². The van der Waals surface area contributed by atoms with E-state index in [0.717, 1.165) is 69.9 Å². The lowest BCUT2D eigenvalue weighted by Gasteiger charge is -2.13. The Bertz CT molecular complexity index is 4140. The van der Waals surface area contributed by atoms with E-state index in [-0.39, 0.29) is 29.7 Å². The minimum atomic E-state index is -0.423. The highest BCUT2D eigenvalue weighted by Gasteiger charge is 2.22. The number of aromatic nitrogens is 4. The van der Waals surface area contributed by atoms with Crippen molar-refractivity contribution < 1.29 is 6.85 Å². The van der Waals surface area contributed by atoms with Crippen molar-refractivity contribution in [2.45, 2.75) is 0 Å². The van der Waals surface area contributed by atoms with Crippen molar-refractivity contribution in [2.24, 2.45) is 0 Å². The van der Waals surface area contributed by atoms with Gasteiger partial charge >= 0.3 is 0 Å². The fourth-order valence-electron chi connectivity index (χ4n) is 9.08. The number of thiophene rings is 2. The summed E-state index contributed by atoms with van der Waals surface area (Å²) in [5, 5.41) is 6.58. The summed E-state index contributed by atoms with van der Waals surface area (Å²) in [6.07, 6.45) is 0. The minimum absolute atomic E-state index is 0.165. The summed E-state index contributed by atoms with van der Waals surface area (Å²) in [6.45, 7) is 0. The molecular formula is C57H34N4S2. The zero-order valence-corrected chi connectivity index (χ0v) is 35.0. The molecule has 4 aromatic heterocycles. The van der Waals surface area contributed by atoms with Gasteiger partial charge in [-0.1, -0.05) is 176 Å². The highest BCUT2D eigenvalue weighted by atomic mass is 32.1. The molecule has 294 valence electrons. The van der Waals surface area contributed by atoms with Gasteiger partial charge < -0.3 is 4.57 Å². The van der Waals surface area contributed by atoms with E-state index in [1.54, 1.807) is 0 Å². The first-order valence-electron chi connectivity index (χ1n) is 23.2. The van der Waals surface area contributed by atoms with Crippen molar-refractivity contribution in [3.05, 3.63) is 206 Å². The summed E-state index contributed by atoms with van der Waals surface area (Å²) in [6, 6.07) is 58.8. The summed E-state index contributed by atoms with van der Waals surface area (Å²) < 4.78 is 49.9. The lowest BCUT2D eigenvalue weighted by Crippen LogP contribution is -2.01. The van der Waals surface area contributed by atoms with Gasteiger partial charge in [0.1, 0.15) is 0 Å². The van der Waals surface area contributed by atoms with Crippen LogP contribution in [0, 0.1) is 0 Å². The lowest BCUT2D eigenvalue weighted by atomic mass is 10.0. The van der Waals surface area contributed by atoms with E-state index in [1.807, 2.05) is 59.9 Å². The van der Waals surface area contributed by atoms with Gasteiger partial charge in [-0.3, -0.25) is 0 Å². The smallest absolute Gasteiger partial charge is 0.165 e. The normalized spacial score (nSPS) is 12.9. The average Bonchev–Trinajstić information content (AvgIpc) is 4.08. The minimum Gasteiger partial charge on any atom is -0.309 e. The second kappa shape index (κ2) is 14.4. The van der Waals surface area contributed by atoms with Gasteiger partial charge in [0.25, 0.3) is 0 Å². The molecule has 63 heavy (non-hydrogen) atoms. The van der Waals surface area contributed by atoms with Crippen molar-refractivity contribution in [3.8, 4) is 62.1 Å². The molecule has 9 aromatic carbocycles. The molecule has 0 radical (unpaired) electrons. The Kier molecular flexibility index (Phi) is 7.13. The number of para-hydroxylation sites is 2. The van der Waals surface area contributed by atoms with E-state index in [0.29, 0.717) is 23.0 Å². The number of hydrogen-bond acceptors (Lipinski definition) is 5. The van der Waals surface area contributed by atoms with E-state index >= 15 is 0 Å². The molecule has 0 spiro atoms. The molecular weight excluding hydrogens is 805 g/mol. The van der Waals surface area contributed by atoms with Crippen LogP contribution in [-0.4, -0.2) is 19.5 Å². The summed E-state index contributed by atoms with van der Waals surface area (Å²) in [7, 11) is 0. The topological polar surface area (TPSA) is 43.6 Å². The van der Waals surface area contributed by atoms with Gasteiger partial charge in [0.2, 0.25) is 0 Å². The maximum absolute atomic E-state index is 8.98. The van der Waals surface area contributed by atoms with Crippen LogP contribution in [-0.2, 0) is 0 Å². The molecule has 0 N–H and O–H groups in total. The fourth-order valence-corrected chi connectivity index (χ4v) is 11.6. The standard InChI is InChI=1S/C57H34N4S2/c1-3-15-35(16-4-1)40-22-14-25-46-47-33-39(61-49-26-10-7-19-42(49)43-20-8-11-27-50(43)61)34-48(54(47)63-53(40)46)57-59-55(37-17-5-2-6-18-37)58-56(60-57)38-31-29-36(30-32-38)41-23-13-24-45-44-21-9-12-28-51(44)62-52(41)45/h1-34H/i1D,3D,4D,15D,16D. The van der Waals surface area contributed by atoms with Gasteiger partial charge in [-0.25, -0.2) is 15.0 Å². The van der Waals surface area contributed by atoms with Crippen molar-refractivity contribution in [1.82, 2.24) is 19.5 Å². The summed E-state index contributed by atoms with van der Waals surface area (Å²) in [4.78, 5) is 15.8. The zero-order chi connectivity index (χ0) is 45.8. The van der Waals surface area contributed by atoms with Crippen LogP contribution in [0.25, 0.3) is 124 Å². The maximum atomic E-state index is 8.98. The third-order valence-electron chi connectivity index (χ3n) is 12.0. The monoisotopic (exact) mass is 843 g/mol. The van der Waals surface area contributed by atoms with Crippen molar-refractivity contribution in [1.29, 1.82) is 0 Å². The molecule has 0 aliphatic rings. The predicted molar refractivity (Wildman–Crippen MR) is 267 cm³/mol. The molecule has 0 fully saturated rings. The third kappa shape index (κ3) is 5.83. The molecule has 13 aromatic rings. The largest absolute Gasteiger partial charge is 0.309 e. The second-order valence-corrected chi connectivity index (χ2v) is 17.6. The second-order valence-electron chi connectivity index (χ2n) is 15.6. The number of benzene rings is 9. The van der Waals surface area contributed by atoms with Crippen LogP contribution in [0.4, 0.5) is 0 Å². The summed E-state index contributed by atoms with van der Waals surface area (Å²) >= 11 is 3.32. The molecule has 0 aliphatic heterocycles. The van der Waals surface area contributed by atoms with Gasteiger partial charge in [0.05, 0.1) is 17.9 Å². The Labute approximate surface area is 377 Å². The van der Waals surface area contributed by atoms with E-state index < -0.39 is 6.04 Å². The van der Waals surface area contributed by atoms with Crippen LogP contribution >= 0.6 is 22.7 Å². The van der Waals surface area contributed by atoms with Gasteiger partial charge in [0.15, 0.2) is 17.5 Å². The van der Waals surface area contributed by atoms with Crippen LogP contribution in [0.2, 0.25) is 0 Å². The van der Waals surface area contributed by atoms with E-state index in [2.05, 4.69) is 132 Å². The van der Waals surface area contributed by atoms with E-state index in [1.165, 1.54) is 37.1 Å². The number of fused-ring (bicyclic) bond motifs is 9. The van der Waals surface area contributed by atoms with Gasteiger partial charge in [-0.15, -0.1) is 22.7 Å². The van der Waals surface area contributed by atoms with E-state index in [4.69, 9.17) is 21.8 Å². The molecule has 4 heterocycles. The highest BCUT2D eigenvalue weighted by molar-refractivity contribution is 7.27. The molecule has 0 amide bonds. The predicted octanol–water partition coefficient (Wildman–Crippen LogP) is 16.0. The van der Waals surface area contributed by atoms with Gasteiger partial charge in [0, 0.05) is 73.5 Å². The molecule has 0 saturated carbocycles. The van der Waals surface area contributed by atoms with Crippen LogP contribution in [0.1, 0.15) is 6.85 Å². The Balaban J connectivity index is 1.07. The van der Waals surface area contributed by atoms with Crippen molar-refractivity contribution in [2.75, 3.05) is 0 Å². The lowest BCUT2D eigenvalue weighted by molar-refractivity contribution is 1.07. The molecule has 13 rings (SSSR count). The first-order chi connectivity index (χ1) is 33.3. The fraction of sp³-hybridized carbons (Fsp3) is 0. The Morgan fingerprint density at radius 3 is 1.60 bits per heavy atom. The number of nitrogens with zero attached hydrogens (tertiary/aromatic N) is 4. The number of hydrogen-bond donors (Lipinski definition) is 0. The molecule has 0 bridgehead atoms. The molecule has 6 heteroatoms. The molecule has 0 saturated heterocycles. The Hall–Kier alpha value is -7.77. The van der Waals surface area contributed by atoms with Crippen LogP contribution in [0.3, 0.4) is 0 Å². The molecule has 0 aliphatic carbocycles. The molecule has 0 atom stereocenters. The van der Waals surface area contributed by atoms with E-state index in [9.17, 15) is 0 Å². The highest BCUT2D eigenvalue weighted by Crippen LogP contribution is 2.46. The Morgan fingerprint density at radius 1 is 0.365 bits per heavy atom. The van der Waals surface area contributed by atoms with Crippen LogP contribution in [0.15, 0.2) is 206 Å². The summed E-state index contributed by atoms with van der Waals surface area (Å²) in [5.41, 5.74) is 8.47. The summed E-state index contributed by atoms with van der Waals surface area (Å²) in [5.74, 6) is 1.54. The van der Waals surface area contributed by atoms with Crippen LogP contribution < -0.4 is 0 Å². The molecule has 0 unspecified atom stereocenters. The first-order valence-corrected chi connectivity index (χ1v) is 22.3. The van der Waals surface area contributed by atoms with Crippen molar-refractivity contribution in [3.63, 3.8) is 0 Å². The average molecular weight is 844 g/mol. The SMILES string of the molecule is [2H]c1c([2H])c([2H])c(-c2cccc3c2sc2c(-c4nc(-c5ccccc5)nc(-c5ccc(-c6cccc7c6sc6ccccc67)cc5)n4)cc(-n4c5ccccc5c5ccccc54)cc23)c([2H])c1[2H]. The molecule has 4 nitrogen and oxygen atoms in total. The van der Waals surface area contributed by atoms with Crippen LogP contribution in [0.5, 0.6) is 0 Å².